The minimum Gasteiger partial charge on any atom is -0.480 e. The molecule has 0 radical (unpaired) electrons. The summed E-state index contributed by atoms with van der Waals surface area (Å²) in [5.41, 5.74) is 0.911. The van der Waals surface area contributed by atoms with Gasteiger partial charge in [-0.1, -0.05) is 23.9 Å². The van der Waals surface area contributed by atoms with Gasteiger partial charge in [-0.25, -0.2) is 9.37 Å². The summed E-state index contributed by atoms with van der Waals surface area (Å²) in [7, 11) is 0. The Hall–Kier alpha value is -2.46. The molecule has 31 heavy (non-hydrogen) atoms. The van der Waals surface area contributed by atoms with Gasteiger partial charge in [-0.2, -0.15) is 0 Å². The zero-order valence-electron chi connectivity index (χ0n) is 18.3. The number of thioether (sulfide) groups is 1. The van der Waals surface area contributed by atoms with E-state index >= 15 is 0 Å². The summed E-state index contributed by atoms with van der Waals surface area (Å²) >= 11 is 2.76. The topological polar surface area (TPSA) is 81.9 Å². The number of hydrogen-bond donors (Lipinski definition) is 1. The first-order valence-corrected chi connectivity index (χ1v) is 11.6. The summed E-state index contributed by atoms with van der Waals surface area (Å²) < 4.78 is 21.7. The maximum Gasteiger partial charge on any atom is 0.239 e. The average Bonchev–Trinajstić information content (AvgIpc) is 3.26. The first-order chi connectivity index (χ1) is 14.7. The van der Waals surface area contributed by atoms with Crippen LogP contribution in [-0.2, 0) is 4.79 Å². The number of halogens is 1. The molecule has 1 amide bonds. The van der Waals surface area contributed by atoms with Crippen LogP contribution in [0.2, 0.25) is 0 Å². The fourth-order valence-electron chi connectivity index (χ4n) is 2.86. The lowest BCUT2D eigenvalue weighted by Crippen LogP contribution is -2.23. The second-order valence-corrected chi connectivity index (χ2v) is 9.92. The lowest BCUT2D eigenvalue weighted by molar-refractivity contribution is -0.115. The summed E-state index contributed by atoms with van der Waals surface area (Å²) in [6, 6.07) is 6.28. The second kappa shape index (κ2) is 9.78. The number of nitrogens with zero attached hydrogens (tertiary/aromatic N) is 4. The van der Waals surface area contributed by atoms with Crippen LogP contribution in [0.4, 0.5) is 9.52 Å². The van der Waals surface area contributed by atoms with Gasteiger partial charge in [0.25, 0.3) is 0 Å². The summed E-state index contributed by atoms with van der Waals surface area (Å²) in [5, 5.41) is 12.2. The number of carbonyl (C=O) groups excluding carboxylic acids is 1. The van der Waals surface area contributed by atoms with Crippen molar-refractivity contribution in [2.75, 3.05) is 5.32 Å². The first-order valence-electron chi connectivity index (χ1n) is 9.94. The fraction of sp³-hybridized carbons (Fsp3) is 0.429. The van der Waals surface area contributed by atoms with Crippen molar-refractivity contribution in [3.63, 3.8) is 0 Å². The minimum atomic E-state index is -0.522. The SMILES string of the molecule is Cc1nc(NC(=O)C(C)Sc2nnc(C(C)Oc3ccccc3F)n2C(C)C)sc1C. The molecule has 0 bridgehead atoms. The van der Waals surface area contributed by atoms with Crippen molar-refractivity contribution < 1.29 is 13.9 Å². The molecule has 0 saturated carbocycles. The number of anilines is 1. The van der Waals surface area contributed by atoms with Crippen LogP contribution < -0.4 is 10.1 Å². The van der Waals surface area contributed by atoms with Crippen molar-refractivity contribution in [2.45, 2.75) is 64.1 Å². The molecule has 1 aromatic carbocycles. The quantitative estimate of drug-likeness (QED) is 0.455. The normalized spacial score (nSPS) is 13.3. The predicted molar refractivity (Wildman–Crippen MR) is 121 cm³/mol. The van der Waals surface area contributed by atoms with Gasteiger partial charge in [-0.15, -0.1) is 21.5 Å². The summed E-state index contributed by atoms with van der Waals surface area (Å²) in [6.45, 7) is 11.5. The molecule has 0 aliphatic heterocycles. The van der Waals surface area contributed by atoms with Crippen molar-refractivity contribution in [3.8, 4) is 5.75 Å². The first kappa shape index (κ1) is 23.2. The molecule has 0 saturated heterocycles. The second-order valence-electron chi connectivity index (χ2n) is 7.40. The number of thiazole rings is 1. The van der Waals surface area contributed by atoms with Gasteiger partial charge in [0.15, 0.2) is 33.8 Å². The molecular formula is C21H26FN5O2S2. The van der Waals surface area contributed by atoms with Crippen LogP contribution in [0.1, 0.15) is 56.2 Å². The number of nitrogens with one attached hydrogen (secondary N) is 1. The molecule has 2 unspecified atom stereocenters. The maximum absolute atomic E-state index is 14.0. The third-order valence-electron chi connectivity index (χ3n) is 4.62. The number of hydrogen-bond acceptors (Lipinski definition) is 7. The lowest BCUT2D eigenvalue weighted by atomic mass is 10.3. The third-order valence-corrected chi connectivity index (χ3v) is 6.67. The molecular weight excluding hydrogens is 437 g/mol. The van der Waals surface area contributed by atoms with Crippen LogP contribution in [0.15, 0.2) is 29.4 Å². The van der Waals surface area contributed by atoms with Gasteiger partial charge in [0.2, 0.25) is 5.91 Å². The standard InChI is InChI=1S/C21H26FN5O2S2/c1-11(2)27-18(13(4)29-17-10-8-7-9-16(17)22)25-26-21(27)31-15(6)19(28)24-20-23-12(3)14(5)30-20/h7-11,13,15H,1-6H3,(H,23,24,28). The minimum absolute atomic E-state index is 0.0266. The van der Waals surface area contributed by atoms with Crippen molar-refractivity contribution in [1.82, 2.24) is 19.7 Å². The van der Waals surface area contributed by atoms with Gasteiger partial charge in [0.05, 0.1) is 10.9 Å². The Balaban J connectivity index is 1.75. The number of carbonyl (C=O) groups is 1. The number of para-hydroxylation sites is 1. The number of benzene rings is 1. The highest BCUT2D eigenvalue weighted by Gasteiger charge is 2.25. The molecule has 2 atom stereocenters. The zero-order valence-corrected chi connectivity index (χ0v) is 20.0. The van der Waals surface area contributed by atoms with Crippen molar-refractivity contribution in [3.05, 3.63) is 46.5 Å². The highest BCUT2D eigenvalue weighted by atomic mass is 32.2. The van der Waals surface area contributed by atoms with Crippen LogP contribution in [0.3, 0.4) is 0 Å². The maximum atomic E-state index is 14.0. The van der Waals surface area contributed by atoms with E-state index < -0.39 is 17.2 Å². The Bertz CT molecular complexity index is 1050. The smallest absolute Gasteiger partial charge is 0.239 e. The van der Waals surface area contributed by atoms with Gasteiger partial charge < -0.3 is 14.6 Å². The van der Waals surface area contributed by atoms with Gasteiger partial charge in [0, 0.05) is 10.9 Å². The molecule has 0 aliphatic rings. The van der Waals surface area contributed by atoms with E-state index in [2.05, 4.69) is 20.5 Å². The number of amides is 1. The van der Waals surface area contributed by atoms with Gasteiger partial charge in [0.1, 0.15) is 0 Å². The molecule has 2 aromatic heterocycles. The van der Waals surface area contributed by atoms with E-state index in [1.54, 1.807) is 25.1 Å². The highest BCUT2D eigenvalue weighted by Crippen LogP contribution is 2.31. The predicted octanol–water partition coefficient (Wildman–Crippen LogP) is 5.33. The molecule has 2 heterocycles. The molecule has 7 nitrogen and oxygen atoms in total. The largest absolute Gasteiger partial charge is 0.480 e. The summed E-state index contributed by atoms with van der Waals surface area (Å²) in [6.07, 6.45) is -0.522. The van der Waals surface area contributed by atoms with Gasteiger partial charge >= 0.3 is 0 Å². The number of rotatable bonds is 8. The van der Waals surface area contributed by atoms with Crippen molar-refractivity contribution in [1.29, 1.82) is 0 Å². The summed E-state index contributed by atoms with van der Waals surface area (Å²) in [4.78, 5) is 18.1. The molecule has 0 spiro atoms. The zero-order chi connectivity index (χ0) is 22.7. The van der Waals surface area contributed by atoms with E-state index in [1.807, 2.05) is 39.2 Å². The van der Waals surface area contributed by atoms with Crippen molar-refractivity contribution >= 4 is 34.1 Å². The van der Waals surface area contributed by atoms with Crippen LogP contribution >= 0.6 is 23.1 Å². The molecule has 10 heteroatoms. The molecule has 166 valence electrons. The van der Waals surface area contributed by atoms with E-state index in [1.165, 1.54) is 29.2 Å². The Kier molecular flexibility index (Phi) is 7.32. The average molecular weight is 464 g/mol. The van der Waals surface area contributed by atoms with Crippen LogP contribution in [-0.4, -0.2) is 30.9 Å². The lowest BCUT2D eigenvalue weighted by Gasteiger charge is -2.19. The van der Waals surface area contributed by atoms with Gasteiger partial charge in [-0.3, -0.25) is 4.79 Å². The van der Waals surface area contributed by atoms with Crippen LogP contribution in [0.25, 0.3) is 0 Å². The fourth-order valence-corrected chi connectivity index (χ4v) is 4.67. The third kappa shape index (κ3) is 5.43. The Morgan fingerprint density at radius 3 is 2.52 bits per heavy atom. The number of aromatic nitrogens is 4. The molecule has 0 aliphatic carbocycles. The van der Waals surface area contributed by atoms with E-state index in [0.29, 0.717) is 16.1 Å². The Labute approximate surface area is 189 Å². The molecule has 3 aromatic rings. The molecule has 0 fully saturated rings. The number of aryl methyl sites for hydroxylation is 2. The van der Waals surface area contributed by atoms with E-state index in [-0.39, 0.29) is 17.7 Å². The van der Waals surface area contributed by atoms with Crippen LogP contribution in [0, 0.1) is 19.7 Å². The van der Waals surface area contributed by atoms with Gasteiger partial charge in [-0.05, 0) is 53.7 Å². The Morgan fingerprint density at radius 2 is 1.90 bits per heavy atom. The highest BCUT2D eigenvalue weighted by molar-refractivity contribution is 8.00. The van der Waals surface area contributed by atoms with Crippen molar-refractivity contribution in [2.24, 2.45) is 0 Å². The Morgan fingerprint density at radius 1 is 1.19 bits per heavy atom. The van der Waals surface area contributed by atoms with Crippen LogP contribution in [0.5, 0.6) is 5.75 Å². The summed E-state index contributed by atoms with van der Waals surface area (Å²) in [5.74, 6) is 0.135. The van der Waals surface area contributed by atoms with E-state index in [9.17, 15) is 9.18 Å². The monoisotopic (exact) mass is 463 g/mol. The van der Waals surface area contributed by atoms with E-state index in [4.69, 9.17) is 4.74 Å². The molecule has 3 rings (SSSR count). The number of ether oxygens (including phenoxy) is 1. The molecule has 1 N–H and O–H groups in total. The van der Waals surface area contributed by atoms with E-state index in [0.717, 1.165) is 10.6 Å².